The fourth-order valence-corrected chi connectivity index (χ4v) is 3.83. The zero-order valence-electron chi connectivity index (χ0n) is 10.6. The molecule has 17 heavy (non-hydrogen) atoms. The maximum atomic E-state index is 6.17. The van der Waals surface area contributed by atoms with Crippen LogP contribution in [-0.2, 0) is 4.74 Å². The summed E-state index contributed by atoms with van der Waals surface area (Å²) in [6.45, 7) is 8.20. The third-order valence-electron chi connectivity index (χ3n) is 3.31. The van der Waals surface area contributed by atoms with Crippen LogP contribution in [0.3, 0.4) is 0 Å². The largest absolute Gasteiger partial charge is 0.378 e. The Labute approximate surface area is 112 Å². The molecule has 0 radical (unpaired) electrons. The average Bonchev–Trinajstić information content (AvgIpc) is 2.83. The van der Waals surface area contributed by atoms with E-state index in [2.05, 4.69) is 32.2 Å². The van der Waals surface area contributed by atoms with Crippen molar-refractivity contribution < 1.29 is 4.74 Å². The van der Waals surface area contributed by atoms with Crippen LogP contribution in [0.2, 0.25) is 4.34 Å². The summed E-state index contributed by atoms with van der Waals surface area (Å²) in [7, 11) is 0. The first-order valence-electron chi connectivity index (χ1n) is 6.22. The maximum Gasteiger partial charge on any atom is 0.0960 e. The standard InChI is InChI=1S/C13H20ClNOS/c1-4-15-12(10-6-9(3)16-7-10)11-5-8(2)13(14)17-11/h5,9-10,12,15H,4,6-7H2,1-3H3. The van der Waals surface area contributed by atoms with E-state index in [1.807, 2.05) is 0 Å². The van der Waals surface area contributed by atoms with Crippen LogP contribution in [0.4, 0.5) is 0 Å². The van der Waals surface area contributed by atoms with Gasteiger partial charge >= 0.3 is 0 Å². The molecule has 0 bridgehead atoms. The quantitative estimate of drug-likeness (QED) is 0.901. The van der Waals surface area contributed by atoms with Crippen molar-refractivity contribution in [2.75, 3.05) is 13.2 Å². The molecule has 96 valence electrons. The van der Waals surface area contributed by atoms with Gasteiger partial charge in [0.1, 0.15) is 0 Å². The fourth-order valence-electron chi connectivity index (χ4n) is 2.44. The van der Waals surface area contributed by atoms with Crippen molar-refractivity contribution in [2.45, 2.75) is 39.3 Å². The van der Waals surface area contributed by atoms with Gasteiger partial charge in [-0.1, -0.05) is 18.5 Å². The predicted molar refractivity (Wildman–Crippen MR) is 74.0 cm³/mol. The second-order valence-electron chi connectivity index (χ2n) is 4.78. The lowest BCUT2D eigenvalue weighted by molar-refractivity contribution is 0.117. The molecule has 3 unspecified atom stereocenters. The summed E-state index contributed by atoms with van der Waals surface area (Å²) in [6.07, 6.45) is 1.52. The third kappa shape index (κ3) is 3.02. The Morgan fingerprint density at radius 1 is 1.65 bits per heavy atom. The summed E-state index contributed by atoms with van der Waals surface area (Å²) in [4.78, 5) is 1.34. The minimum Gasteiger partial charge on any atom is -0.378 e. The molecular formula is C13H20ClNOS. The lowest BCUT2D eigenvalue weighted by atomic mass is 9.95. The van der Waals surface area contributed by atoms with E-state index >= 15 is 0 Å². The van der Waals surface area contributed by atoms with Gasteiger partial charge in [-0.3, -0.25) is 0 Å². The Balaban J connectivity index is 2.16. The van der Waals surface area contributed by atoms with Crippen molar-refractivity contribution in [2.24, 2.45) is 5.92 Å². The van der Waals surface area contributed by atoms with Crippen molar-refractivity contribution in [3.05, 3.63) is 20.8 Å². The van der Waals surface area contributed by atoms with E-state index in [1.54, 1.807) is 11.3 Å². The number of ether oxygens (including phenoxy) is 1. The molecule has 3 atom stereocenters. The van der Waals surface area contributed by atoms with Gasteiger partial charge in [-0.25, -0.2) is 0 Å². The van der Waals surface area contributed by atoms with Crippen molar-refractivity contribution in [3.8, 4) is 0 Å². The molecule has 0 spiro atoms. The summed E-state index contributed by atoms with van der Waals surface area (Å²) in [6, 6.07) is 2.60. The fraction of sp³-hybridized carbons (Fsp3) is 0.692. The lowest BCUT2D eigenvalue weighted by Crippen LogP contribution is -2.28. The highest BCUT2D eigenvalue weighted by atomic mass is 35.5. The molecule has 2 rings (SSSR count). The Morgan fingerprint density at radius 3 is 2.88 bits per heavy atom. The summed E-state index contributed by atoms with van der Waals surface area (Å²) >= 11 is 7.87. The van der Waals surface area contributed by atoms with E-state index in [9.17, 15) is 0 Å². The van der Waals surface area contributed by atoms with Gasteiger partial charge in [0.05, 0.1) is 17.0 Å². The van der Waals surface area contributed by atoms with E-state index in [1.165, 1.54) is 10.4 Å². The highest BCUT2D eigenvalue weighted by Gasteiger charge is 2.31. The van der Waals surface area contributed by atoms with E-state index in [0.29, 0.717) is 18.1 Å². The van der Waals surface area contributed by atoms with Crippen molar-refractivity contribution >= 4 is 22.9 Å². The third-order valence-corrected chi connectivity index (χ3v) is 4.95. The Hall–Kier alpha value is -0.0900. The minimum atomic E-state index is 0.387. The normalized spacial score (nSPS) is 26.4. The van der Waals surface area contributed by atoms with E-state index in [4.69, 9.17) is 16.3 Å². The molecule has 1 saturated heterocycles. The number of hydrogen-bond donors (Lipinski definition) is 1. The summed E-state index contributed by atoms with van der Waals surface area (Å²) in [5, 5.41) is 3.57. The second-order valence-corrected chi connectivity index (χ2v) is 6.47. The van der Waals surface area contributed by atoms with Gasteiger partial charge in [0, 0.05) is 16.8 Å². The molecule has 1 fully saturated rings. The molecule has 1 aliphatic rings. The molecule has 2 nitrogen and oxygen atoms in total. The van der Waals surface area contributed by atoms with Crippen LogP contribution in [0.1, 0.15) is 36.8 Å². The van der Waals surface area contributed by atoms with Gasteiger partial charge in [-0.15, -0.1) is 11.3 Å². The highest BCUT2D eigenvalue weighted by Crippen LogP contribution is 2.38. The van der Waals surface area contributed by atoms with Gasteiger partial charge < -0.3 is 10.1 Å². The van der Waals surface area contributed by atoms with E-state index in [0.717, 1.165) is 23.9 Å². The van der Waals surface area contributed by atoms with Gasteiger partial charge in [0.15, 0.2) is 0 Å². The van der Waals surface area contributed by atoms with Crippen molar-refractivity contribution in [3.63, 3.8) is 0 Å². The van der Waals surface area contributed by atoms with Crippen molar-refractivity contribution in [1.29, 1.82) is 0 Å². The second kappa shape index (κ2) is 5.70. The molecule has 1 N–H and O–H groups in total. The molecule has 0 amide bonds. The van der Waals surface area contributed by atoms with Gasteiger partial charge in [-0.2, -0.15) is 0 Å². The van der Waals surface area contributed by atoms with E-state index in [-0.39, 0.29) is 0 Å². The summed E-state index contributed by atoms with van der Waals surface area (Å²) in [5.41, 5.74) is 1.18. The topological polar surface area (TPSA) is 21.3 Å². The Kier molecular flexibility index (Phi) is 4.47. The van der Waals surface area contributed by atoms with Crippen LogP contribution < -0.4 is 5.32 Å². The minimum absolute atomic E-state index is 0.387. The molecular weight excluding hydrogens is 254 g/mol. The monoisotopic (exact) mass is 273 g/mol. The molecule has 0 saturated carbocycles. The zero-order valence-corrected chi connectivity index (χ0v) is 12.2. The molecule has 1 aliphatic heterocycles. The SMILES string of the molecule is CCNC(c1cc(C)c(Cl)s1)C1COC(C)C1. The van der Waals surface area contributed by atoms with Gasteiger partial charge in [0.2, 0.25) is 0 Å². The van der Waals surface area contributed by atoms with Crippen LogP contribution in [0, 0.1) is 12.8 Å². The molecule has 0 aliphatic carbocycles. The number of aryl methyl sites for hydroxylation is 1. The maximum absolute atomic E-state index is 6.17. The first kappa shape index (κ1) is 13.3. The van der Waals surface area contributed by atoms with Crippen LogP contribution >= 0.6 is 22.9 Å². The molecule has 0 aromatic carbocycles. The molecule has 4 heteroatoms. The summed E-state index contributed by atoms with van der Waals surface area (Å²) < 4.78 is 6.59. The Bertz CT molecular complexity index is 360. The highest BCUT2D eigenvalue weighted by molar-refractivity contribution is 7.16. The predicted octanol–water partition coefficient (Wildman–Crippen LogP) is 3.79. The molecule has 2 heterocycles. The van der Waals surface area contributed by atoms with Crippen molar-refractivity contribution in [1.82, 2.24) is 5.32 Å². The number of thiophene rings is 1. The molecule has 1 aromatic heterocycles. The van der Waals surface area contributed by atoms with Gasteiger partial charge in [0.25, 0.3) is 0 Å². The molecule has 1 aromatic rings. The number of nitrogens with one attached hydrogen (secondary N) is 1. The van der Waals surface area contributed by atoms with Crippen LogP contribution in [0.25, 0.3) is 0 Å². The summed E-state index contributed by atoms with van der Waals surface area (Å²) in [5.74, 6) is 0.569. The lowest BCUT2D eigenvalue weighted by Gasteiger charge is -2.22. The number of halogens is 1. The van der Waals surface area contributed by atoms with E-state index < -0.39 is 0 Å². The van der Waals surface area contributed by atoms with Crippen LogP contribution in [0.15, 0.2) is 6.07 Å². The van der Waals surface area contributed by atoms with Gasteiger partial charge in [-0.05, 0) is 38.4 Å². The first-order valence-corrected chi connectivity index (χ1v) is 7.42. The van der Waals surface area contributed by atoms with Crippen LogP contribution in [0.5, 0.6) is 0 Å². The number of rotatable bonds is 4. The zero-order chi connectivity index (χ0) is 12.4. The van der Waals surface area contributed by atoms with Crippen LogP contribution in [-0.4, -0.2) is 19.3 Å². The Morgan fingerprint density at radius 2 is 2.41 bits per heavy atom. The smallest absolute Gasteiger partial charge is 0.0960 e. The number of hydrogen-bond acceptors (Lipinski definition) is 3. The average molecular weight is 274 g/mol. The first-order chi connectivity index (χ1) is 8.11.